The van der Waals surface area contributed by atoms with Crippen molar-refractivity contribution in [2.75, 3.05) is 42.5 Å². The maximum atomic E-state index is 6.25. The minimum atomic E-state index is 0.555. The maximum absolute atomic E-state index is 6.25. The monoisotopic (exact) mass is 340 g/mol. The molecule has 1 aliphatic rings. The van der Waals surface area contributed by atoms with Crippen LogP contribution in [0.4, 0.5) is 23.0 Å². The van der Waals surface area contributed by atoms with Gasteiger partial charge in [0.05, 0.1) is 0 Å². The molecule has 6 heteroatoms. The Kier molecular flexibility index (Phi) is 5.71. The minimum absolute atomic E-state index is 0.555. The van der Waals surface area contributed by atoms with Gasteiger partial charge in [0.15, 0.2) is 11.6 Å². The number of hydrogen-bond donors (Lipinski definition) is 3. The number of nitrogens with zero attached hydrogens (tertiary/aromatic N) is 3. The molecule has 25 heavy (non-hydrogen) atoms. The lowest BCUT2D eigenvalue weighted by atomic mass is 10.1. The number of piperidine rings is 1. The molecule has 6 nitrogen and oxygen atoms in total. The highest BCUT2D eigenvalue weighted by molar-refractivity contribution is 5.77. The van der Waals surface area contributed by atoms with Crippen LogP contribution in [0, 0.1) is 13.8 Å². The van der Waals surface area contributed by atoms with Gasteiger partial charge in [0, 0.05) is 18.8 Å². The molecular formula is C19H28N6. The molecule has 4 N–H and O–H groups in total. The Balaban J connectivity index is 1.61. The van der Waals surface area contributed by atoms with E-state index in [0.29, 0.717) is 17.3 Å². The van der Waals surface area contributed by atoms with Gasteiger partial charge >= 0.3 is 0 Å². The van der Waals surface area contributed by atoms with Gasteiger partial charge in [0.25, 0.3) is 0 Å². The van der Waals surface area contributed by atoms with Crippen molar-refractivity contribution in [3.63, 3.8) is 0 Å². The molecule has 0 radical (unpaired) electrons. The van der Waals surface area contributed by atoms with E-state index in [1.165, 1.54) is 43.5 Å². The van der Waals surface area contributed by atoms with Crippen LogP contribution in [0.3, 0.4) is 0 Å². The number of nitrogens with two attached hydrogens (primary N) is 1. The summed E-state index contributed by atoms with van der Waals surface area (Å²) in [6.45, 7) is 8.44. The lowest BCUT2D eigenvalue weighted by molar-refractivity contribution is 0.237. The van der Waals surface area contributed by atoms with E-state index in [-0.39, 0.29) is 0 Å². The first-order chi connectivity index (χ1) is 12.1. The van der Waals surface area contributed by atoms with Gasteiger partial charge in [-0.25, -0.2) is 9.97 Å². The highest BCUT2D eigenvalue weighted by Crippen LogP contribution is 2.26. The average molecular weight is 340 g/mol. The van der Waals surface area contributed by atoms with Crippen LogP contribution < -0.4 is 16.4 Å². The van der Waals surface area contributed by atoms with Crippen molar-refractivity contribution in [3.8, 4) is 0 Å². The van der Waals surface area contributed by atoms with E-state index >= 15 is 0 Å². The second-order valence-corrected chi connectivity index (χ2v) is 6.74. The summed E-state index contributed by atoms with van der Waals surface area (Å²) in [7, 11) is 0. The first-order valence-electron chi connectivity index (χ1n) is 9.04. The van der Waals surface area contributed by atoms with Crippen LogP contribution in [-0.4, -0.2) is 41.0 Å². The minimum Gasteiger partial charge on any atom is -0.393 e. The first kappa shape index (κ1) is 17.5. The summed E-state index contributed by atoms with van der Waals surface area (Å²) in [4.78, 5) is 11.1. The van der Waals surface area contributed by atoms with E-state index in [0.717, 1.165) is 18.8 Å². The Morgan fingerprint density at radius 2 is 1.80 bits per heavy atom. The van der Waals surface area contributed by atoms with E-state index in [9.17, 15) is 0 Å². The number of nitrogen functional groups attached to an aromatic ring is 1. The van der Waals surface area contributed by atoms with Crippen molar-refractivity contribution >= 4 is 23.0 Å². The molecule has 0 aliphatic carbocycles. The summed E-state index contributed by atoms with van der Waals surface area (Å²) in [5.74, 6) is 1.33. The normalized spacial score (nSPS) is 15.1. The second kappa shape index (κ2) is 8.16. The third-order valence-electron chi connectivity index (χ3n) is 4.82. The topological polar surface area (TPSA) is 79.1 Å². The molecule has 1 aliphatic heterocycles. The zero-order valence-corrected chi connectivity index (χ0v) is 15.2. The number of likely N-dealkylation sites (tertiary alicyclic amines) is 1. The molecular weight excluding hydrogens is 312 g/mol. The van der Waals surface area contributed by atoms with Crippen LogP contribution in [-0.2, 0) is 0 Å². The lowest BCUT2D eigenvalue weighted by Gasteiger charge is -2.26. The molecule has 0 bridgehead atoms. The summed E-state index contributed by atoms with van der Waals surface area (Å²) >= 11 is 0. The van der Waals surface area contributed by atoms with Gasteiger partial charge in [0.2, 0.25) is 0 Å². The van der Waals surface area contributed by atoms with Crippen LogP contribution in [0.25, 0.3) is 0 Å². The van der Waals surface area contributed by atoms with Crippen LogP contribution in [0.1, 0.15) is 30.4 Å². The summed E-state index contributed by atoms with van der Waals surface area (Å²) in [5.41, 5.74) is 10.3. The zero-order valence-electron chi connectivity index (χ0n) is 15.2. The molecule has 1 aromatic carbocycles. The van der Waals surface area contributed by atoms with Gasteiger partial charge in [-0.2, -0.15) is 0 Å². The van der Waals surface area contributed by atoms with E-state index in [4.69, 9.17) is 5.73 Å². The van der Waals surface area contributed by atoms with Gasteiger partial charge in [-0.1, -0.05) is 12.5 Å². The number of nitrogens with one attached hydrogen (secondary N) is 2. The molecule has 134 valence electrons. The van der Waals surface area contributed by atoms with Crippen LogP contribution in [0.5, 0.6) is 0 Å². The van der Waals surface area contributed by atoms with Crippen molar-refractivity contribution < 1.29 is 0 Å². The quantitative estimate of drug-likeness (QED) is 0.749. The van der Waals surface area contributed by atoms with Crippen LogP contribution in [0.2, 0.25) is 0 Å². The Hall–Kier alpha value is -2.34. The lowest BCUT2D eigenvalue weighted by Crippen LogP contribution is -2.33. The first-order valence-corrected chi connectivity index (χ1v) is 9.04. The molecule has 2 aromatic rings. The summed E-state index contributed by atoms with van der Waals surface area (Å²) in [5, 5.41) is 6.64. The molecule has 0 spiro atoms. The number of anilines is 4. The second-order valence-electron chi connectivity index (χ2n) is 6.74. The van der Waals surface area contributed by atoms with Crippen LogP contribution >= 0.6 is 0 Å². The summed E-state index contributed by atoms with van der Waals surface area (Å²) in [6.07, 6.45) is 5.51. The molecule has 0 atom stereocenters. The number of hydrogen-bond acceptors (Lipinski definition) is 6. The fourth-order valence-corrected chi connectivity index (χ4v) is 3.11. The van der Waals surface area contributed by atoms with Crippen molar-refractivity contribution in [1.29, 1.82) is 0 Å². The van der Waals surface area contributed by atoms with Gasteiger partial charge in [-0.3, -0.25) is 0 Å². The molecule has 0 saturated carbocycles. The molecule has 1 aromatic heterocycles. The van der Waals surface area contributed by atoms with Crippen molar-refractivity contribution in [3.05, 3.63) is 35.7 Å². The third kappa shape index (κ3) is 4.60. The van der Waals surface area contributed by atoms with Crippen molar-refractivity contribution in [2.45, 2.75) is 33.1 Å². The Morgan fingerprint density at radius 1 is 1.04 bits per heavy atom. The van der Waals surface area contributed by atoms with Crippen LogP contribution in [0.15, 0.2) is 24.5 Å². The standard InChI is InChI=1S/C19H28N6/c1-14-6-7-16(12-15(14)2)24-19-17(20)18(22-13-23-19)21-8-11-25-9-4-3-5-10-25/h6-7,12-13H,3-5,8-11,20H2,1-2H3,(H2,21,22,23,24). The summed E-state index contributed by atoms with van der Waals surface area (Å²) < 4.78 is 0. The highest BCUT2D eigenvalue weighted by Gasteiger charge is 2.11. The number of benzene rings is 1. The highest BCUT2D eigenvalue weighted by atomic mass is 15.2. The SMILES string of the molecule is Cc1ccc(Nc2ncnc(NCCN3CCCCC3)c2N)cc1C. The number of rotatable bonds is 6. The molecule has 2 heterocycles. The fourth-order valence-electron chi connectivity index (χ4n) is 3.11. The largest absolute Gasteiger partial charge is 0.393 e. The molecule has 3 rings (SSSR count). The number of aromatic nitrogens is 2. The molecule has 1 saturated heterocycles. The predicted molar refractivity (Wildman–Crippen MR) is 104 cm³/mol. The predicted octanol–water partition coefficient (Wildman–Crippen LogP) is 3.32. The molecule has 1 fully saturated rings. The third-order valence-corrected chi connectivity index (χ3v) is 4.82. The van der Waals surface area contributed by atoms with Gasteiger partial charge in [-0.15, -0.1) is 0 Å². The Morgan fingerprint density at radius 3 is 2.56 bits per heavy atom. The molecule has 0 unspecified atom stereocenters. The van der Waals surface area contributed by atoms with Gasteiger partial charge in [0.1, 0.15) is 12.0 Å². The van der Waals surface area contributed by atoms with E-state index in [1.54, 1.807) is 6.33 Å². The number of aryl methyl sites for hydroxylation is 2. The van der Waals surface area contributed by atoms with E-state index in [1.807, 2.05) is 6.07 Å². The van der Waals surface area contributed by atoms with Gasteiger partial charge in [-0.05, 0) is 63.0 Å². The van der Waals surface area contributed by atoms with Crippen molar-refractivity contribution in [2.24, 2.45) is 0 Å². The average Bonchev–Trinajstić information content (AvgIpc) is 2.62. The van der Waals surface area contributed by atoms with E-state index in [2.05, 4.69) is 51.5 Å². The van der Waals surface area contributed by atoms with Crippen molar-refractivity contribution in [1.82, 2.24) is 14.9 Å². The Labute approximate surface area is 149 Å². The fraction of sp³-hybridized carbons (Fsp3) is 0.474. The van der Waals surface area contributed by atoms with E-state index < -0.39 is 0 Å². The molecule has 0 amide bonds. The maximum Gasteiger partial charge on any atom is 0.159 e. The zero-order chi connectivity index (χ0) is 17.6. The van der Waals surface area contributed by atoms with Gasteiger partial charge < -0.3 is 21.3 Å². The smallest absolute Gasteiger partial charge is 0.159 e. The Bertz CT molecular complexity index is 709. The summed E-state index contributed by atoms with van der Waals surface area (Å²) in [6, 6.07) is 6.22.